The molecule has 0 saturated carbocycles. The zero-order chi connectivity index (χ0) is 6.85. The molecule has 0 aromatic carbocycles. The van der Waals surface area contributed by atoms with Crippen LogP contribution in [0, 0.1) is 0 Å². The van der Waals surface area contributed by atoms with Crippen molar-refractivity contribution in [3.05, 3.63) is 0 Å². The molecule has 3 N–H and O–H groups in total. The number of ether oxygens (including phenoxy) is 1. The van der Waals surface area contributed by atoms with Crippen molar-refractivity contribution in [1.82, 2.24) is 0 Å². The molecule has 1 aliphatic rings. The summed E-state index contributed by atoms with van der Waals surface area (Å²) >= 11 is 0. The van der Waals surface area contributed by atoms with Crippen molar-refractivity contribution in [1.29, 1.82) is 0 Å². The first-order valence-corrected chi connectivity index (χ1v) is 3.27. The summed E-state index contributed by atoms with van der Waals surface area (Å²) in [6.07, 6.45) is 0.207. The van der Waals surface area contributed by atoms with Gasteiger partial charge in [-0.05, 0) is 13.3 Å². The van der Waals surface area contributed by atoms with E-state index in [0.717, 1.165) is 6.42 Å². The second-order valence-corrected chi connectivity index (χ2v) is 2.52. The maximum Gasteiger partial charge on any atom is 0.0950 e. The van der Waals surface area contributed by atoms with Crippen molar-refractivity contribution in [2.24, 2.45) is 5.73 Å². The van der Waals surface area contributed by atoms with Crippen LogP contribution >= 0.6 is 0 Å². The van der Waals surface area contributed by atoms with Crippen LogP contribution in [0.25, 0.3) is 0 Å². The highest BCUT2D eigenvalue weighted by atomic mass is 16.5. The second-order valence-electron chi connectivity index (χ2n) is 2.52. The van der Waals surface area contributed by atoms with E-state index in [1.54, 1.807) is 0 Å². The molecule has 1 fully saturated rings. The summed E-state index contributed by atoms with van der Waals surface area (Å²) in [7, 11) is 0. The highest BCUT2D eigenvalue weighted by Crippen LogP contribution is 2.11. The summed E-state index contributed by atoms with van der Waals surface area (Å²) < 4.78 is 5.13. The molecule has 0 spiro atoms. The molecule has 0 bridgehead atoms. The van der Waals surface area contributed by atoms with Crippen LogP contribution in [-0.2, 0) is 4.74 Å². The van der Waals surface area contributed by atoms with Gasteiger partial charge in [0.25, 0.3) is 0 Å². The van der Waals surface area contributed by atoms with Gasteiger partial charge in [0.05, 0.1) is 12.2 Å². The Morgan fingerprint density at radius 2 is 2.33 bits per heavy atom. The predicted molar refractivity (Wildman–Crippen MR) is 34.0 cm³/mol. The smallest absolute Gasteiger partial charge is 0.0950 e. The molecule has 1 saturated heterocycles. The molecule has 9 heavy (non-hydrogen) atoms. The Bertz CT molecular complexity index is 87.1. The number of aliphatic hydroxyl groups is 1. The molecule has 54 valence electrons. The molecule has 0 radical (unpaired) electrons. The summed E-state index contributed by atoms with van der Waals surface area (Å²) in [5.74, 6) is 0. The molecule has 1 rings (SSSR count). The van der Waals surface area contributed by atoms with Crippen LogP contribution < -0.4 is 5.73 Å². The summed E-state index contributed by atoms with van der Waals surface area (Å²) in [5.41, 5.74) is 5.54. The highest BCUT2D eigenvalue weighted by molar-refractivity contribution is 4.80. The van der Waals surface area contributed by atoms with E-state index >= 15 is 0 Å². The van der Waals surface area contributed by atoms with Crippen molar-refractivity contribution in [3.8, 4) is 0 Å². The zero-order valence-electron chi connectivity index (χ0n) is 5.58. The van der Waals surface area contributed by atoms with Crippen LogP contribution in [0.3, 0.4) is 0 Å². The average molecular weight is 131 g/mol. The van der Waals surface area contributed by atoms with Gasteiger partial charge in [0.2, 0.25) is 0 Å². The molecule has 3 atom stereocenters. The molecule has 0 aliphatic carbocycles. The van der Waals surface area contributed by atoms with E-state index in [1.165, 1.54) is 0 Å². The van der Waals surface area contributed by atoms with Crippen LogP contribution in [0.2, 0.25) is 0 Å². The van der Waals surface area contributed by atoms with Gasteiger partial charge in [-0.3, -0.25) is 0 Å². The van der Waals surface area contributed by atoms with Crippen LogP contribution in [-0.4, -0.2) is 30.0 Å². The Morgan fingerprint density at radius 3 is 2.78 bits per heavy atom. The first-order chi connectivity index (χ1) is 4.22. The third-order valence-electron chi connectivity index (χ3n) is 1.75. The van der Waals surface area contributed by atoms with Gasteiger partial charge in [-0.2, -0.15) is 0 Å². The number of hydrogen-bond acceptors (Lipinski definition) is 3. The molecular weight excluding hydrogens is 118 g/mol. The largest absolute Gasteiger partial charge is 0.389 e. The average Bonchev–Trinajstić information content (AvgIpc) is 1.83. The fourth-order valence-electron chi connectivity index (χ4n) is 1.01. The SMILES string of the molecule is CC1OCCC(N)[C@@H]1O. The van der Waals surface area contributed by atoms with Crippen molar-refractivity contribution in [2.45, 2.75) is 31.6 Å². The van der Waals surface area contributed by atoms with E-state index in [-0.39, 0.29) is 12.1 Å². The molecule has 1 aliphatic heterocycles. The van der Waals surface area contributed by atoms with E-state index in [2.05, 4.69) is 0 Å². The predicted octanol–water partition coefficient (Wildman–Crippen LogP) is -0.517. The molecule has 2 unspecified atom stereocenters. The number of rotatable bonds is 0. The standard InChI is InChI=1S/C6H13NO2/c1-4-6(8)5(7)2-3-9-4/h4-6,8H,2-3,7H2,1H3/t4?,5?,6-/m1/s1. The van der Waals surface area contributed by atoms with Gasteiger partial charge in [-0.15, -0.1) is 0 Å². The van der Waals surface area contributed by atoms with Gasteiger partial charge in [-0.1, -0.05) is 0 Å². The summed E-state index contributed by atoms with van der Waals surface area (Å²) in [4.78, 5) is 0. The Morgan fingerprint density at radius 1 is 1.67 bits per heavy atom. The topological polar surface area (TPSA) is 55.5 Å². The van der Waals surface area contributed by atoms with Gasteiger partial charge in [0, 0.05) is 12.6 Å². The molecule has 3 nitrogen and oxygen atoms in total. The lowest BCUT2D eigenvalue weighted by molar-refractivity contribution is -0.0739. The normalized spacial score (nSPS) is 45.0. The first-order valence-electron chi connectivity index (χ1n) is 3.27. The van der Waals surface area contributed by atoms with Crippen molar-refractivity contribution in [3.63, 3.8) is 0 Å². The molecular formula is C6H13NO2. The fourth-order valence-corrected chi connectivity index (χ4v) is 1.01. The zero-order valence-corrected chi connectivity index (χ0v) is 5.58. The molecule has 1 heterocycles. The Kier molecular flexibility index (Phi) is 2.05. The monoisotopic (exact) mass is 131 g/mol. The molecule has 3 heteroatoms. The number of hydrogen-bond donors (Lipinski definition) is 2. The molecule has 0 aromatic heterocycles. The van der Waals surface area contributed by atoms with E-state index in [1.807, 2.05) is 6.92 Å². The van der Waals surface area contributed by atoms with E-state index in [0.29, 0.717) is 6.61 Å². The first kappa shape index (κ1) is 6.99. The lowest BCUT2D eigenvalue weighted by atomic mass is 10.0. The fraction of sp³-hybridized carbons (Fsp3) is 1.00. The number of aliphatic hydroxyl groups excluding tert-OH is 1. The van der Waals surface area contributed by atoms with E-state index in [9.17, 15) is 5.11 Å². The van der Waals surface area contributed by atoms with E-state index in [4.69, 9.17) is 10.5 Å². The lowest BCUT2D eigenvalue weighted by Gasteiger charge is -2.30. The lowest BCUT2D eigenvalue weighted by Crippen LogP contribution is -2.47. The van der Waals surface area contributed by atoms with Crippen molar-refractivity contribution >= 4 is 0 Å². The summed E-state index contributed by atoms with van der Waals surface area (Å²) in [5, 5.41) is 9.20. The maximum absolute atomic E-state index is 9.20. The van der Waals surface area contributed by atoms with Crippen LogP contribution in [0.5, 0.6) is 0 Å². The van der Waals surface area contributed by atoms with Crippen molar-refractivity contribution < 1.29 is 9.84 Å². The Labute approximate surface area is 54.8 Å². The van der Waals surface area contributed by atoms with Crippen LogP contribution in [0.15, 0.2) is 0 Å². The third kappa shape index (κ3) is 1.41. The van der Waals surface area contributed by atoms with Gasteiger partial charge in [0.15, 0.2) is 0 Å². The van der Waals surface area contributed by atoms with Crippen LogP contribution in [0.1, 0.15) is 13.3 Å². The minimum atomic E-state index is -0.473. The Hall–Kier alpha value is -0.120. The minimum absolute atomic E-state index is 0.0891. The number of nitrogens with two attached hydrogens (primary N) is 1. The quantitative estimate of drug-likeness (QED) is 0.465. The Balaban J connectivity index is 2.41. The van der Waals surface area contributed by atoms with Crippen molar-refractivity contribution in [2.75, 3.05) is 6.61 Å². The molecule has 0 amide bonds. The van der Waals surface area contributed by atoms with Gasteiger partial charge in [-0.25, -0.2) is 0 Å². The second kappa shape index (κ2) is 2.64. The van der Waals surface area contributed by atoms with Gasteiger partial charge >= 0.3 is 0 Å². The minimum Gasteiger partial charge on any atom is -0.389 e. The highest BCUT2D eigenvalue weighted by Gasteiger charge is 2.26. The maximum atomic E-state index is 9.20. The summed E-state index contributed by atoms with van der Waals surface area (Å²) in [6.45, 7) is 2.52. The van der Waals surface area contributed by atoms with Crippen LogP contribution in [0.4, 0.5) is 0 Å². The van der Waals surface area contributed by atoms with Gasteiger partial charge in [0.1, 0.15) is 0 Å². The molecule has 0 aromatic rings. The van der Waals surface area contributed by atoms with E-state index < -0.39 is 6.10 Å². The summed E-state index contributed by atoms with van der Waals surface area (Å²) in [6, 6.07) is -0.0891. The third-order valence-corrected chi connectivity index (χ3v) is 1.75. The van der Waals surface area contributed by atoms with Gasteiger partial charge < -0.3 is 15.6 Å².